The molecule has 4 aromatic rings. The lowest BCUT2D eigenvalue weighted by Crippen LogP contribution is -2.19. The van der Waals surface area contributed by atoms with E-state index in [-0.39, 0.29) is 22.5 Å². The summed E-state index contributed by atoms with van der Waals surface area (Å²) in [7, 11) is -17.2. The number of phosphoric acid groups is 4. The molecule has 0 amide bonds. The van der Waals surface area contributed by atoms with Crippen LogP contribution in [0.25, 0.3) is 11.4 Å². The summed E-state index contributed by atoms with van der Waals surface area (Å²) in [5.74, 6) is -8.32. The van der Waals surface area contributed by atoms with Gasteiger partial charge in [0.15, 0.2) is 0 Å². The van der Waals surface area contributed by atoms with Crippen molar-refractivity contribution in [2.75, 3.05) is 28.4 Å². The van der Waals surface area contributed by atoms with Crippen molar-refractivity contribution in [2.24, 2.45) is 9.98 Å². The molecule has 0 saturated carbocycles. The first-order valence-corrected chi connectivity index (χ1v) is 22.0. The molecule has 0 spiro atoms. The Morgan fingerprint density at radius 1 is 0.500 bits per heavy atom. The van der Waals surface area contributed by atoms with E-state index in [2.05, 4.69) is 56.1 Å². The van der Waals surface area contributed by atoms with Gasteiger partial charge in [0.05, 0.1) is 45.0 Å². The average Bonchev–Trinajstić information content (AvgIpc) is 3.22. The molecule has 330 valence electrons. The number of aliphatic imine (C=N–C) groups is 2. The Hall–Kier alpha value is -5.84. The van der Waals surface area contributed by atoms with Crippen LogP contribution in [0, 0.1) is 0 Å². The van der Waals surface area contributed by atoms with Crippen LogP contribution in [0.15, 0.2) is 83.0 Å². The molecule has 0 aliphatic rings. The molecule has 4 unspecified atom stereocenters. The van der Waals surface area contributed by atoms with Crippen molar-refractivity contribution in [1.29, 1.82) is 0 Å². The second-order valence-corrected chi connectivity index (χ2v) is 17.2. The van der Waals surface area contributed by atoms with E-state index >= 15 is 0 Å². The monoisotopic (exact) mass is 942 g/mol. The van der Waals surface area contributed by atoms with Gasteiger partial charge in [-0.3, -0.25) is 47.9 Å². The van der Waals surface area contributed by atoms with E-state index in [1.807, 2.05) is 0 Å². The Bertz CT molecular complexity index is 2360. The molecule has 4 rings (SSSR count). The van der Waals surface area contributed by atoms with Crippen LogP contribution in [0.2, 0.25) is 0 Å². The van der Waals surface area contributed by atoms with E-state index in [0.717, 1.165) is 56.9 Å². The first kappa shape index (κ1) is 48.8. The summed E-state index contributed by atoms with van der Waals surface area (Å²) in [6.45, 7) is 0. The Labute approximate surface area is 347 Å². The Morgan fingerprint density at radius 3 is 1.06 bits per heavy atom. The lowest BCUT2D eigenvalue weighted by molar-refractivity contribution is -0.218. The highest BCUT2D eigenvalue weighted by molar-refractivity contribution is 7.48. The third-order valence-corrected chi connectivity index (χ3v) is 10.6. The maximum absolute atomic E-state index is 13.1. The van der Waals surface area contributed by atoms with Crippen LogP contribution < -0.4 is 20.0 Å². The molecule has 4 atom stereocenters. The largest absolute Gasteiger partial charge is 0.858 e. The van der Waals surface area contributed by atoms with E-state index in [1.54, 1.807) is 0 Å². The minimum Gasteiger partial charge on any atom is -0.858 e. The van der Waals surface area contributed by atoms with Crippen molar-refractivity contribution in [3.63, 3.8) is 0 Å². The lowest BCUT2D eigenvalue weighted by atomic mass is 10.1. The maximum atomic E-state index is 13.1. The van der Waals surface area contributed by atoms with Gasteiger partial charge in [0.25, 0.3) is 0 Å². The van der Waals surface area contributed by atoms with Gasteiger partial charge in [-0.25, -0.2) is 28.3 Å². The molecule has 0 radical (unpaired) electrons. The average molecular weight is 942 g/mol. The van der Waals surface area contributed by atoms with E-state index in [9.17, 15) is 67.2 Å². The molecule has 0 fully saturated rings. The third-order valence-electron chi connectivity index (χ3n) is 7.22. The van der Waals surface area contributed by atoms with Crippen LogP contribution in [0.4, 0.5) is 11.4 Å². The fourth-order valence-electron chi connectivity index (χ4n) is 4.30. The molecule has 0 aliphatic carbocycles. The third kappa shape index (κ3) is 13.6. The van der Waals surface area contributed by atoms with Gasteiger partial charge in [0.1, 0.15) is 0 Å². The van der Waals surface area contributed by atoms with Crippen molar-refractivity contribution < 1.29 is 103 Å². The van der Waals surface area contributed by atoms with E-state index in [1.165, 1.54) is 24.3 Å². The van der Waals surface area contributed by atoms with Crippen LogP contribution in [-0.2, 0) is 54.5 Å². The van der Waals surface area contributed by atoms with Gasteiger partial charge in [-0.2, -0.15) is 0 Å². The predicted molar refractivity (Wildman–Crippen MR) is 197 cm³/mol. The number of phosphoric ester groups is 4. The molecule has 30 heteroatoms. The molecule has 0 aliphatic heterocycles. The summed E-state index contributed by atoms with van der Waals surface area (Å²) in [5, 5.41) is 26.2. The molecule has 2 N–H and O–H groups in total. The van der Waals surface area contributed by atoms with Gasteiger partial charge >= 0.3 is 55.2 Å². The zero-order chi connectivity index (χ0) is 46.2. The highest BCUT2D eigenvalue weighted by atomic mass is 31.2. The Kier molecular flexibility index (Phi) is 15.7. The van der Waals surface area contributed by atoms with Crippen molar-refractivity contribution in [3.8, 4) is 11.4 Å². The number of pyridine rings is 2. The van der Waals surface area contributed by atoms with Crippen LogP contribution in [0.5, 0.6) is 0 Å². The standard InChI is InChI=1S/C32H30N4O22P4/c1-51-59(43,44)55-29(39)19-9-20(30(40)56-60(45,46)52-2)12-23(11-19)35-27(37)17-5-7-25(33-15-17)26-8-6-18(16-34-26)28(38)36-24-13-21(31(41)57-61(47,48)53-3)10-22(14-24)32(42)58-62(49,50)54-4/h5-16H,1-4H3,(H,35,37)(H,36,38)(H,43,44)(H,45,46)(H,47,48)(H,49,50)/p-4. The second kappa shape index (κ2) is 19.9. The summed E-state index contributed by atoms with van der Waals surface area (Å²) >= 11 is 0. The number of benzene rings is 2. The second-order valence-electron chi connectivity index (χ2n) is 11.3. The van der Waals surface area contributed by atoms with Crippen LogP contribution >= 0.6 is 31.3 Å². The number of aromatic nitrogens is 2. The summed E-state index contributed by atoms with van der Waals surface area (Å²) in [4.78, 5) is 108. The van der Waals surface area contributed by atoms with Crippen molar-refractivity contribution >= 4 is 78.3 Å². The number of carbonyl (C=O) groups excluding carboxylic acids is 4. The summed E-state index contributed by atoms with van der Waals surface area (Å²) < 4.78 is 80.7. The van der Waals surface area contributed by atoms with Gasteiger partial charge in [-0.05, 0) is 60.3 Å². The maximum Gasteiger partial charge on any atom is 0.529 e. The topological polar surface area (TPSA) is 394 Å². The van der Waals surface area contributed by atoms with E-state index in [4.69, 9.17) is 0 Å². The predicted octanol–water partition coefficient (Wildman–Crippen LogP) is 1.37. The molecule has 0 saturated heterocycles. The molecule has 62 heavy (non-hydrogen) atoms. The minimum atomic E-state index is -5.16. The fraction of sp³-hybridized carbons (Fsp3) is 0.125. The van der Waals surface area contributed by atoms with Crippen LogP contribution in [-0.4, -0.2) is 83.9 Å². The quantitative estimate of drug-likeness (QED) is 0.0857. The van der Waals surface area contributed by atoms with Gasteiger partial charge in [-0.15, -0.1) is 0 Å². The van der Waals surface area contributed by atoms with Crippen molar-refractivity contribution in [3.05, 3.63) is 106 Å². The molecule has 26 nitrogen and oxygen atoms in total. The van der Waals surface area contributed by atoms with Crippen LogP contribution in [0.1, 0.15) is 52.6 Å². The van der Waals surface area contributed by atoms with Gasteiger partial charge in [0.2, 0.25) is 0 Å². The molecule has 2 aromatic carbocycles. The van der Waals surface area contributed by atoms with Gasteiger partial charge in [0, 0.05) is 52.0 Å². The molecular weight excluding hydrogens is 916 g/mol. The smallest absolute Gasteiger partial charge is 0.529 e. The Morgan fingerprint density at radius 2 is 0.806 bits per heavy atom. The summed E-state index contributed by atoms with van der Waals surface area (Å²) in [6.07, 6.45) is 2.08. The fourth-order valence-corrected chi connectivity index (χ4v) is 5.85. The number of rotatable bonds is 17. The number of nitrogens with zero attached hydrogens (tertiary/aromatic N) is 4. The first-order chi connectivity index (χ1) is 28.9. The normalized spacial score (nSPS) is 15.7. The van der Waals surface area contributed by atoms with Crippen molar-refractivity contribution in [2.45, 2.75) is 0 Å². The summed E-state index contributed by atoms with van der Waals surface area (Å²) in [5.41, 5.74) is -3.69. The SMILES string of the molecule is COP(=O)([O-])OC(=O)c1cc(N=C([O-])c2ccc(-c3ccc(C([O-])=Nc4cc(C(=O)OP(=O)(O)OC)cc(C(=O)OP(=O)(O)OC)c4)cn3)nc2)cc(C(=O)OP(=O)([O-])OC)c1. The lowest BCUT2D eigenvalue weighted by Gasteiger charge is -2.21. The molecule has 2 aromatic heterocycles. The van der Waals surface area contributed by atoms with Gasteiger partial charge in [-0.1, -0.05) is 12.1 Å². The highest BCUT2D eigenvalue weighted by Gasteiger charge is 2.29. The van der Waals surface area contributed by atoms with Crippen molar-refractivity contribution in [1.82, 2.24) is 9.97 Å². The van der Waals surface area contributed by atoms with E-state index in [0.29, 0.717) is 20.3 Å². The van der Waals surface area contributed by atoms with Crippen LogP contribution in [0.3, 0.4) is 0 Å². The highest BCUT2D eigenvalue weighted by Crippen LogP contribution is 2.45. The zero-order valence-corrected chi connectivity index (χ0v) is 35.1. The molecule has 2 heterocycles. The number of carbonyl (C=O) groups is 4. The molecule has 0 bridgehead atoms. The summed E-state index contributed by atoms with van der Waals surface area (Å²) in [6, 6.07) is 9.88. The first-order valence-electron chi connectivity index (χ1n) is 16.1. The van der Waals surface area contributed by atoms with Gasteiger partial charge < -0.3 is 47.1 Å². The Balaban J connectivity index is 1.61. The zero-order valence-electron chi connectivity index (χ0n) is 31.6. The molecular formula is C32H26N4O22P4-4. The minimum absolute atomic E-state index is 0.136. The number of hydrogen-bond donors (Lipinski definition) is 2. The number of hydrogen-bond acceptors (Lipinski definition) is 24. The van der Waals surface area contributed by atoms with E-state index < -0.39 is 101 Å².